The Morgan fingerprint density at radius 1 is 1.24 bits per heavy atom. The van der Waals surface area contributed by atoms with Gasteiger partial charge in [-0.05, 0) is 24.5 Å². The average molecular weight is 290 g/mol. The van der Waals surface area contributed by atoms with Gasteiger partial charge in [0.2, 0.25) is 0 Å². The molecule has 0 radical (unpaired) electrons. The Kier molecular flexibility index (Phi) is 3.55. The first-order valence-electron chi connectivity index (χ1n) is 7.15. The summed E-state index contributed by atoms with van der Waals surface area (Å²) in [6.45, 7) is 0.656. The lowest BCUT2D eigenvalue weighted by molar-refractivity contribution is -0.141. The van der Waals surface area contributed by atoms with Crippen molar-refractivity contribution in [2.75, 3.05) is 18.0 Å². The monoisotopic (exact) mass is 290 g/mol. The lowest BCUT2D eigenvalue weighted by Crippen LogP contribution is -2.49. The number of rotatable bonds is 1. The van der Waals surface area contributed by atoms with Crippen LogP contribution in [0.1, 0.15) is 18.4 Å². The Balaban J connectivity index is 1.87. The van der Waals surface area contributed by atoms with Crippen molar-refractivity contribution in [3.05, 3.63) is 29.8 Å². The number of hydrogen-bond acceptors (Lipinski definition) is 3. The second-order valence-corrected chi connectivity index (χ2v) is 5.56. The first kappa shape index (κ1) is 13.9. The van der Waals surface area contributed by atoms with Gasteiger partial charge in [0.25, 0.3) is 0 Å². The third-order valence-corrected chi connectivity index (χ3v) is 4.15. The van der Waals surface area contributed by atoms with Gasteiger partial charge in [-0.1, -0.05) is 18.2 Å². The summed E-state index contributed by atoms with van der Waals surface area (Å²) in [5, 5.41) is 18.9. The smallest absolute Gasteiger partial charge is 0.326 e. The fourth-order valence-corrected chi connectivity index (χ4v) is 3.15. The fraction of sp³-hybridized carbons (Fsp3) is 0.467. The van der Waals surface area contributed by atoms with Crippen molar-refractivity contribution in [1.29, 1.82) is 0 Å². The zero-order valence-electron chi connectivity index (χ0n) is 11.6. The van der Waals surface area contributed by atoms with Crippen molar-refractivity contribution in [1.82, 2.24) is 4.90 Å². The highest BCUT2D eigenvalue weighted by Crippen LogP contribution is 2.29. The molecule has 0 spiro atoms. The molecule has 1 fully saturated rings. The predicted octanol–water partition coefficient (Wildman–Crippen LogP) is 1.08. The molecule has 0 bridgehead atoms. The topological polar surface area (TPSA) is 81.1 Å². The molecule has 1 aromatic rings. The van der Waals surface area contributed by atoms with Gasteiger partial charge in [0.15, 0.2) is 0 Å². The quantitative estimate of drug-likeness (QED) is 0.811. The van der Waals surface area contributed by atoms with E-state index >= 15 is 0 Å². The van der Waals surface area contributed by atoms with E-state index in [9.17, 15) is 19.8 Å². The van der Waals surface area contributed by atoms with E-state index in [0.717, 1.165) is 24.1 Å². The van der Waals surface area contributed by atoms with Crippen LogP contribution < -0.4 is 4.90 Å². The van der Waals surface area contributed by atoms with Gasteiger partial charge in [0.05, 0.1) is 6.10 Å². The molecular weight excluding hydrogens is 272 g/mol. The van der Waals surface area contributed by atoms with Crippen LogP contribution in [0.2, 0.25) is 0 Å². The predicted molar refractivity (Wildman–Crippen MR) is 76.3 cm³/mol. The van der Waals surface area contributed by atoms with Gasteiger partial charge in [-0.3, -0.25) is 4.90 Å². The first-order chi connectivity index (χ1) is 10.1. The summed E-state index contributed by atoms with van der Waals surface area (Å²) in [5.74, 6) is -1.06. The number of fused-ring (bicyclic) bond motifs is 1. The van der Waals surface area contributed by atoms with E-state index in [1.165, 1.54) is 4.90 Å². The summed E-state index contributed by atoms with van der Waals surface area (Å²) in [7, 11) is 0. The number of aliphatic hydroxyl groups excluding tert-OH is 1. The van der Waals surface area contributed by atoms with E-state index in [1.807, 2.05) is 24.3 Å². The normalized spacial score (nSPS) is 24.8. The van der Waals surface area contributed by atoms with Gasteiger partial charge in [0.1, 0.15) is 6.04 Å². The van der Waals surface area contributed by atoms with Gasteiger partial charge in [-0.15, -0.1) is 0 Å². The molecule has 2 amide bonds. The van der Waals surface area contributed by atoms with Crippen LogP contribution in [-0.4, -0.2) is 52.3 Å². The van der Waals surface area contributed by atoms with Crippen molar-refractivity contribution < 1.29 is 19.8 Å². The molecule has 3 rings (SSSR count). The van der Waals surface area contributed by atoms with Crippen LogP contribution in [0.3, 0.4) is 0 Å². The van der Waals surface area contributed by atoms with Crippen molar-refractivity contribution in [2.24, 2.45) is 0 Å². The average Bonchev–Trinajstić information content (AvgIpc) is 2.88. The van der Waals surface area contributed by atoms with Gasteiger partial charge in [0, 0.05) is 25.2 Å². The lowest BCUT2D eigenvalue weighted by atomic mass is 10.0. The number of carboxylic acids is 1. The Morgan fingerprint density at radius 3 is 2.76 bits per heavy atom. The molecule has 2 aliphatic heterocycles. The lowest BCUT2D eigenvalue weighted by Gasteiger charge is -2.34. The Hall–Kier alpha value is -2.08. The molecule has 0 aromatic heterocycles. The molecule has 0 unspecified atom stereocenters. The summed E-state index contributed by atoms with van der Waals surface area (Å²) < 4.78 is 0. The number of aryl methyl sites for hydroxylation is 1. The molecule has 6 nitrogen and oxygen atoms in total. The summed E-state index contributed by atoms with van der Waals surface area (Å²) in [6.07, 6.45) is 1.10. The highest BCUT2D eigenvalue weighted by Gasteiger charge is 2.41. The van der Waals surface area contributed by atoms with Crippen LogP contribution in [0.15, 0.2) is 24.3 Å². The molecule has 2 aliphatic rings. The number of aliphatic hydroxyl groups is 1. The Labute approximate surface area is 122 Å². The minimum atomic E-state index is -1.06. The molecular formula is C15H18N2O4. The maximum Gasteiger partial charge on any atom is 0.326 e. The molecule has 6 heteroatoms. The van der Waals surface area contributed by atoms with Crippen molar-refractivity contribution >= 4 is 17.7 Å². The van der Waals surface area contributed by atoms with Gasteiger partial charge in [-0.2, -0.15) is 0 Å². The second-order valence-electron chi connectivity index (χ2n) is 5.56. The first-order valence-corrected chi connectivity index (χ1v) is 7.15. The number of hydrogen-bond donors (Lipinski definition) is 2. The third kappa shape index (κ3) is 2.47. The van der Waals surface area contributed by atoms with E-state index in [0.29, 0.717) is 6.54 Å². The van der Waals surface area contributed by atoms with Crippen LogP contribution in [0.25, 0.3) is 0 Å². The number of amides is 2. The molecule has 2 N–H and O–H groups in total. The number of aliphatic carboxylic acids is 1. The van der Waals surface area contributed by atoms with Crippen LogP contribution in [0.4, 0.5) is 10.5 Å². The highest BCUT2D eigenvalue weighted by atomic mass is 16.4. The Bertz CT molecular complexity index is 575. The maximum absolute atomic E-state index is 12.7. The molecule has 2 atom stereocenters. The van der Waals surface area contributed by atoms with Crippen LogP contribution in [0.5, 0.6) is 0 Å². The number of para-hydroxylation sites is 1. The number of nitrogens with zero attached hydrogens (tertiary/aromatic N) is 2. The minimum absolute atomic E-state index is 0.0778. The molecule has 21 heavy (non-hydrogen) atoms. The van der Waals surface area contributed by atoms with Crippen LogP contribution in [0, 0.1) is 0 Å². The number of likely N-dealkylation sites (tertiary alicyclic amines) is 1. The Morgan fingerprint density at radius 2 is 2.00 bits per heavy atom. The molecule has 0 aliphatic carbocycles. The summed E-state index contributed by atoms with van der Waals surface area (Å²) in [5.41, 5.74) is 1.95. The highest BCUT2D eigenvalue weighted by molar-refractivity contribution is 5.96. The van der Waals surface area contributed by atoms with E-state index in [1.54, 1.807) is 4.90 Å². The molecule has 1 saturated heterocycles. The summed E-state index contributed by atoms with van der Waals surface area (Å²) in [6, 6.07) is 6.41. The fourth-order valence-electron chi connectivity index (χ4n) is 3.15. The van der Waals surface area contributed by atoms with E-state index < -0.39 is 18.1 Å². The van der Waals surface area contributed by atoms with E-state index in [-0.39, 0.29) is 19.0 Å². The minimum Gasteiger partial charge on any atom is -0.480 e. The second kappa shape index (κ2) is 5.37. The van der Waals surface area contributed by atoms with Crippen molar-refractivity contribution in [3.63, 3.8) is 0 Å². The molecule has 0 saturated carbocycles. The number of benzene rings is 1. The number of anilines is 1. The molecule has 112 valence electrons. The van der Waals surface area contributed by atoms with E-state index in [2.05, 4.69) is 0 Å². The zero-order chi connectivity index (χ0) is 15.0. The van der Waals surface area contributed by atoms with Gasteiger partial charge in [-0.25, -0.2) is 9.59 Å². The summed E-state index contributed by atoms with van der Waals surface area (Å²) >= 11 is 0. The summed E-state index contributed by atoms with van der Waals surface area (Å²) in [4.78, 5) is 26.9. The number of carbonyl (C=O) groups is 2. The van der Waals surface area contributed by atoms with Crippen molar-refractivity contribution in [3.8, 4) is 0 Å². The third-order valence-electron chi connectivity index (χ3n) is 4.15. The number of β-amino-alcohol motifs (C(OH)–C–C–N with tert-alkyl or cyclic N) is 1. The SMILES string of the molecule is O=C(O)[C@H]1C[C@@H](O)CN1C(=O)N1CCCc2ccccc21. The van der Waals surface area contributed by atoms with Crippen LogP contribution >= 0.6 is 0 Å². The number of carboxylic acid groups (broad SMARTS) is 1. The zero-order valence-corrected chi connectivity index (χ0v) is 11.6. The largest absolute Gasteiger partial charge is 0.480 e. The standard InChI is InChI=1S/C15H18N2O4/c18-11-8-13(14(19)20)17(9-11)15(21)16-7-3-5-10-4-1-2-6-12(10)16/h1-2,4,6,11,13,18H,3,5,7-9H2,(H,19,20)/t11-,13-/m1/s1. The van der Waals surface area contributed by atoms with Gasteiger partial charge >= 0.3 is 12.0 Å². The van der Waals surface area contributed by atoms with E-state index in [4.69, 9.17) is 0 Å². The number of urea groups is 1. The molecule has 1 aromatic carbocycles. The van der Waals surface area contributed by atoms with Gasteiger partial charge < -0.3 is 15.1 Å². The van der Waals surface area contributed by atoms with Crippen molar-refractivity contribution in [2.45, 2.75) is 31.4 Å². The number of carbonyl (C=O) groups excluding carboxylic acids is 1. The van der Waals surface area contributed by atoms with Crippen LogP contribution in [-0.2, 0) is 11.2 Å². The molecule has 2 heterocycles. The maximum atomic E-state index is 12.7.